The van der Waals surface area contributed by atoms with Crippen LogP contribution in [0.2, 0.25) is 0 Å². The summed E-state index contributed by atoms with van der Waals surface area (Å²) in [5, 5.41) is 9.42. The molecule has 4 nitrogen and oxygen atoms in total. The van der Waals surface area contributed by atoms with Crippen LogP contribution in [0.1, 0.15) is 25.5 Å². The second-order valence-corrected chi connectivity index (χ2v) is 4.03. The van der Waals surface area contributed by atoms with Crippen LogP contribution in [0, 0.1) is 0 Å². The molecular weight excluding hydrogens is 250 g/mol. The van der Waals surface area contributed by atoms with Gasteiger partial charge in [-0.25, -0.2) is 4.79 Å². The average Bonchev–Trinajstić information content (AvgIpc) is 2.38. The van der Waals surface area contributed by atoms with E-state index >= 15 is 0 Å². The number of rotatable bonds is 5. The quantitative estimate of drug-likeness (QED) is 0.830. The molecule has 0 saturated heterocycles. The summed E-state index contributed by atoms with van der Waals surface area (Å²) in [5.41, 5.74) is 0.583. The summed E-state index contributed by atoms with van der Waals surface area (Å²) in [5.74, 6) is -1.05. The first-order valence-corrected chi connectivity index (χ1v) is 6.24. The van der Waals surface area contributed by atoms with Gasteiger partial charge < -0.3 is 14.7 Å². The lowest BCUT2D eigenvalue weighted by Gasteiger charge is -2.24. The molecule has 0 bridgehead atoms. The Morgan fingerprint density at radius 2 is 1.89 bits per heavy atom. The molecule has 1 rings (SSSR count). The molecule has 1 atom stereocenters. The number of carbonyl (C=O) groups is 1. The normalized spacial score (nSPS) is 11.7. The van der Waals surface area contributed by atoms with E-state index in [0.717, 1.165) is 0 Å². The van der Waals surface area contributed by atoms with E-state index in [4.69, 9.17) is 17.0 Å². The maximum atomic E-state index is 11.2. The van der Waals surface area contributed by atoms with Crippen LogP contribution in [0.4, 0.5) is 0 Å². The van der Waals surface area contributed by atoms with E-state index in [1.807, 2.05) is 19.9 Å². The summed E-state index contributed by atoms with van der Waals surface area (Å²) in [6, 6.07) is 8.79. The molecule has 0 aliphatic heterocycles. The Bertz CT molecular complexity index is 404. The van der Waals surface area contributed by atoms with Gasteiger partial charge in [0, 0.05) is 18.7 Å². The van der Waals surface area contributed by atoms with Crippen LogP contribution in [0.15, 0.2) is 30.3 Å². The van der Waals surface area contributed by atoms with Gasteiger partial charge in [0.25, 0.3) is 5.17 Å². The van der Waals surface area contributed by atoms with E-state index in [2.05, 4.69) is 0 Å². The number of carboxylic acids is 1. The van der Waals surface area contributed by atoms with Crippen LogP contribution >= 0.6 is 12.2 Å². The maximum Gasteiger partial charge on any atom is 0.349 e. The Hall–Kier alpha value is -1.62. The van der Waals surface area contributed by atoms with E-state index in [0.29, 0.717) is 18.7 Å². The van der Waals surface area contributed by atoms with Crippen LogP contribution in [0.5, 0.6) is 0 Å². The molecule has 18 heavy (non-hydrogen) atoms. The van der Waals surface area contributed by atoms with Crippen molar-refractivity contribution in [3.05, 3.63) is 35.9 Å². The first kappa shape index (κ1) is 14.4. The number of ether oxygens (including phenoxy) is 1. The molecule has 0 aromatic heterocycles. The van der Waals surface area contributed by atoms with Gasteiger partial charge in [-0.2, -0.15) is 0 Å². The predicted octanol–water partition coefficient (Wildman–Crippen LogP) is 2.46. The lowest BCUT2D eigenvalue weighted by molar-refractivity contribution is -0.146. The van der Waals surface area contributed by atoms with Crippen molar-refractivity contribution in [1.29, 1.82) is 0 Å². The second kappa shape index (κ2) is 6.96. The third kappa shape index (κ3) is 3.70. The van der Waals surface area contributed by atoms with Crippen molar-refractivity contribution >= 4 is 23.4 Å². The topological polar surface area (TPSA) is 49.8 Å². The summed E-state index contributed by atoms with van der Waals surface area (Å²) in [6.07, 6.45) is -1.06. The fourth-order valence-electron chi connectivity index (χ4n) is 1.55. The van der Waals surface area contributed by atoms with E-state index < -0.39 is 12.1 Å². The molecule has 0 saturated carbocycles. The first-order chi connectivity index (χ1) is 8.60. The van der Waals surface area contributed by atoms with E-state index in [-0.39, 0.29) is 5.17 Å². The standard InChI is InChI=1S/C13H17NO3S/c1-3-14(4-2)13(18)17-11(12(15)16)10-8-6-5-7-9-10/h5-9,11H,3-4H2,1-2H3,(H,15,16). The maximum absolute atomic E-state index is 11.2. The molecule has 0 spiro atoms. The minimum Gasteiger partial charge on any atom is -0.478 e. The lowest BCUT2D eigenvalue weighted by Crippen LogP contribution is -2.33. The third-order valence-electron chi connectivity index (χ3n) is 2.57. The predicted molar refractivity (Wildman–Crippen MR) is 73.4 cm³/mol. The highest BCUT2D eigenvalue weighted by Crippen LogP contribution is 2.18. The Morgan fingerprint density at radius 1 is 1.33 bits per heavy atom. The number of hydrogen-bond acceptors (Lipinski definition) is 3. The van der Waals surface area contributed by atoms with Crippen molar-refractivity contribution in [2.45, 2.75) is 20.0 Å². The van der Waals surface area contributed by atoms with Gasteiger partial charge in [0.2, 0.25) is 6.10 Å². The number of hydrogen-bond donors (Lipinski definition) is 1. The van der Waals surface area contributed by atoms with Gasteiger partial charge >= 0.3 is 5.97 Å². The molecule has 0 heterocycles. The summed E-state index contributed by atoms with van der Waals surface area (Å²) in [4.78, 5) is 13.0. The fraction of sp³-hybridized carbons (Fsp3) is 0.385. The summed E-state index contributed by atoms with van der Waals surface area (Å²) < 4.78 is 5.40. The van der Waals surface area contributed by atoms with Gasteiger partial charge in [0.15, 0.2) is 0 Å². The average molecular weight is 267 g/mol. The van der Waals surface area contributed by atoms with E-state index in [1.54, 1.807) is 29.2 Å². The first-order valence-electron chi connectivity index (χ1n) is 5.83. The van der Waals surface area contributed by atoms with Crippen molar-refractivity contribution in [1.82, 2.24) is 4.90 Å². The highest BCUT2D eigenvalue weighted by molar-refractivity contribution is 7.80. The highest BCUT2D eigenvalue weighted by Gasteiger charge is 2.24. The fourth-order valence-corrected chi connectivity index (χ4v) is 1.90. The molecule has 5 heteroatoms. The van der Waals surface area contributed by atoms with Crippen LogP contribution in [0.3, 0.4) is 0 Å². The molecule has 0 radical (unpaired) electrons. The van der Waals surface area contributed by atoms with Gasteiger partial charge in [-0.1, -0.05) is 30.3 Å². The molecular formula is C13H17NO3S. The van der Waals surface area contributed by atoms with Crippen molar-refractivity contribution in [2.75, 3.05) is 13.1 Å². The number of nitrogens with zero attached hydrogens (tertiary/aromatic N) is 1. The smallest absolute Gasteiger partial charge is 0.349 e. The molecule has 1 unspecified atom stereocenters. The molecule has 0 fully saturated rings. The Balaban J connectivity index is 2.82. The lowest BCUT2D eigenvalue weighted by atomic mass is 10.1. The van der Waals surface area contributed by atoms with Crippen LogP contribution in [-0.4, -0.2) is 34.2 Å². The zero-order valence-corrected chi connectivity index (χ0v) is 11.3. The molecule has 0 aliphatic rings. The summed E-state index contributed by atoms with van der Waals surface area (Å²) in [7, 11) is 0. The molecule has 98 valence electrons. The number of carboxylic acid groups (broad SMARTS) is 1. The van der Waals surface area contributed by atoms with Crippen molar-refractivity contribution < 1.29 is 14.6 Å². The second-order valence-electron chi connectivity index (χ2n) is 3.69. The molecule has 0 amide bonds. The van der Waals surface area contributed by atoms with E-state index in [9.17, 15) is 9.90 Å². The molecule has 1 N–H and O–H groups in total. The SMILES string of the molecule is CCN(CC)C(=S)OC(C(=O)O)c1ccccc1. The summed E-state index contributed by atoms with van der Waals surface area (Å²) >= 11 is 5.11. The highest BCUT2D eigenvalue weighted by atomic mass is 32.1. The monoisotopic (exact) mass is 267 g/mol. The van der Waals surface area contributed by atoms with Gasteiger partial charge in [0.1, 0.15) is 0 Å². The number of aliphatic carboxylic acids is 1. The largest absolute Gasteiger partial charge is 0.478 e. The minimum atomic E-state index is -1.06. The van der Waals surface area contributed by atoms with Gasteiger partial charge in [0.05, 0.1) is 0 Å². The van der Waals surface area contributed by atoms with Crippen molar-refractivity contribution in [2.24, 2.45) is 0 Å². The minimum absolute atomic E-state index is 0.219. The van der Waals surface area contributed by atoms with Crippen LogP contribution in [-0.2, 0) is 9.53 Å². The van der Waals surface area contributed by atoms with Gasteiger partial charge in [-0.05, 0) is 26.1 Å². The Kier molecular flexibility index (Phi) is 5.58. The zero-order chi connectivity index (χ0) is 13.5. The number of benzene rings is 1. The Labute approximate surface area is 112 Å². The Morgan fingerprint density at radius 3 is 2.33 bits per heavy atom. The molecule has 1 aromatic carbocycles. The molecule has 1 aromatic rings. The zero-order valence-electron chi connectivity index (χ0n) is 10.5. The van der Waals surface area contributed by atoms with Crippen LogP contribution in [0.25, 0.3) is 0 Å². The summed E-state index contributed by atoms with van der Waals surface area (Å²) in [6.45, 7) is 5.27. The van der Waals surface area contributed by atoms with Crippen LogP contribution < -0.4 is 0 Å². The molecule has 0 aliphatic carbocycles. The van der Waals surface area contributed by atoms with Gasteiger partial charge in [-0.3, -0.25) is 0 Å². The van der Waals surface area contributed by atoms with Gasteiger partial charge in [-0.15, -0.1) is 0 Å². The number of thiocarbonyl (C=S) groups is 1. The third-order valence-corrected chi connectivity index (χ3v) is 2.92. The van der Waals surface area contributed by atoms with Crippen molar-refractivity contribution in [3.63, 3.8) is 0 Å². The van der Waals surface area contributed by atoms with Crippen molar-refractivity contribution in [3.8, 4) is 0 Å². The van der Waals surface area contributed by atoms with E-state index in [1.165, 1.54) is 0 Å².